The molecule has 4 heteroatoms. The molecule has 23 heavy (non-hydrogen) atoms. The van der Waals surface area contributed by atoms with Gasteiger partial charge in [0.15, 0.2) is 0 Å². The standard InChI is InChI=1S/C19H21NO2S/c1-3-4-15-20(16-14-18-8-6-5-7-9-18)23(21,22)19-12-10-17(2)11-13-19/h1,8,10-13H,4-7,9,15H2,2H3. The van der Waals surface area contributed by atoms with Gasteiger partial charge in [-0.3, -0.25) is 0 Å². The number of allylic oxidation sites excluding steroid dienone is 2. The van der Waals surface area contributed by atoms with Crippen LogP contribution in [0.4, 0.5) is 0 Å². The van der Waals surface area contributed by atoms with Gasteiger partial charge in [-0.1, -0.05) is 23.8 Å². The zero-order valence-corrected chi connectivity index (χ0v) is 14.2. The first-order valence-corrected chi connectivity index (χ1v) is 9.21. The van der Waals surface area contributed by atoms with Crippen molar-refractivity contribution in [3.8, 4) is 24.3 Å². The van der Waals surface area contributed by atoms with Crippen LogP contribution in [0.25, 0.3) is 0 Å². The van der Waals surface area contributed by atoms with Gasteiger partial charge in [-0.05, 0) is 56.2 Å². The second kappa shape index (κ2) is 7.90. The van der Waals surface area contributed by atoms with E-state index in [0.717, 1.165) is 30.4 Å². The minimum absolute atomic E-state index is 0.201. The molecule has 120 valence electrons. The Bertz CT molecular complexity index is 771. The van der Waals surface area contributed by atoms with Crippen molar-refractivity contribution >= 4 is 10.0 Å². The molecule has 1 aromatic rings. The number of hydrogen-bond donors (Lipinski definition) is 0. The maximum atomic E-state index is 12.8. The molecule has 1 aromatic carbocycles. The van der Waals surface area contributed by atoms with E-state index in [1.807, 2.05) is 6.92 Å². The van der Waals surface area contributed by atoms with Crippen LogP contribution in [-0.2, 0) is 10.0 Å². The third-order valence-electron chi connectivity index (χ3n) is 3.70. The quantitative estimate of drug-likeness (QED) is 0.627. The molecule has 1 aliphatic carbocycles. The summed E-state index contributed by atoms with van der Waals surface area (Å²) in [6.07, 6.45) is 11.9. The molecule has 0 unspecified atom stereocenters. The van der Waals surface area contributed by atoms with E-state index < -0.39 is 10.0 Å². The molecule has 0 fully saturated rings. The second-order valence-electron chi connectivity index (χ2n) is 5.56. The van der Waals surface area contributed by atoms with Gasteiger partial charge in [0.1, 0.15) is 0 Å². The molecule has 2 rings (SSSR count). The molecular formula is C19H21NO2S. The van der Waals surface area contributed by atoms with Crippen molar-refractivity contribution in [2.24, 2.45) is 0 Å². The molecule has 0 atom stereocenters. The highest BCUT2D eigenvalue weighted by atomic mass is 32.2. The van der Waals surface area contributed by atoms with Gasteiger partial charge in [0.25, 0.3) is 10.0 Å². The third kappa shape index (κ3) is 4.65. The Balaban J connectivity index is 2.30. The number of rotatable bonds is 4. The van der Waals surface area contributed by atoms with Crippen LogP contribution >= 0.6 is 0 Å². The van der Waals surface area contributed by atoms with E-state index in [0.29, 0.717) is 6.42 Å². The van der Waals surface area contributed by atoms with Crippen LogP contribution in [0.5, 0.6) is 0 Å². The SMILES string of the molecule is C#CCCN(C#CC1=CCCCC1)S(=O)(=O)c1ccc(C)cc1. The fraction of sp³-hybridized carbons (Fsp3) is 0.368. The second-order valence-corrected chi connectivity index (χ2v) is 7.42. The average molecular weight is 327 g/mol. The Morgan fingerprint density at radius 2 is 1.96 bits per heavy atom. The molecule has 0 saturated carbocycles. The first kappa shape index (κ1) is 17.2. The van der Waals surface area contributed by atoms with Crippen molar-refractivity contribution in [1.29, 1.82) is 0 Å². The molecule has 0 heterocycles. The van der Waals surface area contributed by atoms with Gasteiger partial charge in [-0.15, -0.1) is 12.3 Å². The van der Waals surface area contributed by atoms with Crippen LogP contribution in [0, 0.1) is 31.2 Å². The van der Waals surface area contributed by atoms with Gasteiger partial charge in [0.05, 0.1) is 11.4 Å². The summed E-state index contributed by atoms with van der Waals surface area (Å²) in [5.41, 5.74) is 2.03. The van der Waals surface area contributed by atoms with Gasteiger partial charge in [-0.2, -0.15) is 0 Å². The summed E-state index contributed by atoms with van der Waals surface area (Å²) in [5.74, 6) is 5.49. The Hall–Kier alpha value is -2.17. The first-order chi connectivity index (χ1) is 11.0. The summed E-state index contributed by atoms with van der Waals surface area (Å²) >= 11 is 0. The largest absolute Gasteiger partial charge is 0.271 e. The summed E-state index contributed by atoms with van der Waals surface area (Å²) in [4.78, 5) is 0.243. The lowest BCUT2D eigenvalue weighted by Crippen LogP contribution is -2.27. The Kier molecular flexibility index (Phi) is 5.90. The highest BCUT2D eigenvalue weighted by Gasteiger charge is 2.21. The predicted octanol–water partition coefficient (Wildman–Crippen LogP) is 3.47. The molecule has 0 spiro atoms. The number of hydrogen-bond acceptors (Lipinski definition) is 2. The van der Waals surface area contributed by atoms with Crippen LogP contribution in [0.3, 0.4) is 0 Å². The minimum Gasteiger partial charge on any atom is -0.223 e. The summed E-state index contributed by atoms with van der Waals surface area (Å²) in [7, 11) is -3.65. The maximum Gasteiger partial charge on any atom is 0.271 e. The number of terminal acetylenes is 1. The number of nitrogens with zero attached hydrogens (tertiary/aromatic N) is 1. The van der Waals surface area contributed by atoms with E-state index >= 15 is 0 Å². The molecular weight excluding hydrogens is 306 g/mol. The predicted molar refractivity (Wildman–Crippen MR) is 92.8 cm³/mol. The normalized spacial score (nSPS) is 14.2. The number of benzene rings is 1. The van der Waals surface area contributed by atoms with Gasteiger partial charge in [0.2, 0.25) is 0 Å². The van der Waals surface area contributed by atoms with Crippen LogP contribution in [0.1, 0.15) is 37.7 Å². The molecule has 0 aromatic heterocycles. The zero-order chi connectivity index (χ0) is 16.7. The minimum atomic E-state index is -3.65. The number of aryl methyl sites for hydroxylation is 1. The van der Waals surface area contributed by atoms with Gasteiger partial charge >= 0.3 is 0 Å². The van der Waals surface area contributed by atoms with Crippen LogP contribution < -0.4 is 0 Å². The van der Waals surface area contributed by atoms with Crippen molar-refractivity contribution in [2.45, 2.75) is 43.9 Å². The molecule has 1 aliphatic rings. The molecule has 0 bridgehead atoms. The maximum absolute atomic E-state index is 12.8. The summed E-state index contributed by atoms with van der Waals surface area (Å²) < 4.78 is 26.7. The topological polar surface area (TPSA) is 37.4 Å². The lowest BCUT2D eigenvalue weighted by molar-refractivity contribution is 0.516. The monoisotopic (exact) mass is 327 g/mol. The van der Waals surface area contributed by atoms with Crippen molar-refractivity contribution in [3.63, 3.8) is 0 Å². The van der Waals surface area contributed by atoms with Crippen molar-refractivity contribution < 1.29 is 8.42 Å². The lowest BCUT2D eigenvalue weighted by atomic mass is 10.0. The summed E-state index contributed by atoms with van der Waals surface area (Å²) in [6.45, 7) is 2.12. The fourth-order valence-electron chi connectivity index (χ4n) is 2.33. The lowest BCUT2D eigenvalue weighted by Gasteiger charge is -2.17. The molecule has 3 nitrogen and oxygen atoms in total. The van der Waals surface area contributed by atoms with Crippen LogP contribution in [0.2, 0.25) is 0 Å². The number of sulfonamides is 1. The van der Waals surface area contributed by atoms with Gasteiger partial charge in [-0.25, -0.2) is 12.7 Å². The highest BCUT2D eigenvalue weighted by Crippen LogP contribution is 2.18. The Labute approximate surface area is 139 Å². The smallest absolute Gasteiger partial charge is 0.223 e. The molecule has 0 radical (unpaired) electrons. The van der Waals surface area contributed by atoms with E-state index in [1.54, 1.807) is 24.3 Å². The van der Waals surface area contributed by atoms with Crippen molar-refractivity contribution in [3.05, 3.63) is 41.5 Å². The Morgan fingerprint density at radius 3 is 2.57 bits per heavy atom. The summed E-state index contributed by atoms with van der Waals surface area (Å²) in [6, 6.07) is 9.58. The average Bonchev–Trinajstić information content (AvgIpc) is 2.56. The fourth-order valence-corrected chi connectivity index (χ4v) is 3.56. The van der Waals surface area contributed by atoms with Crippen molar-refractivity contribution in [2.75, 3.05) is 6.54 Å². The third-order valence-corrected chi connectivity index (χ3v) is 5.42. The molecule has 0 N–H and O–H groups in total. The van der Waals surface area contributed by atoms with Crippen LogP contribution in [0.15, 0.2) is 40.8 Å². The van der Waals surface area contributed by atoms with Crippen LogP contribution in [-0.4, -0.2) is 19.3 Å². The van der Waals surface area contributed by atoms with E-state index in [-0.39, 0.29) is 11.4 Å². The zero-order valence-electron chi connectivity index (χ0n) is 13.4. The molecule has 0 aliphatic heterocycles. The van der Waals surface area contributed by atoms with Gasteiger partial charge < -0.3 is 0 Å². The molecule has 0 amide bonds. The van der Waals surface area contributed by atoms with E-state index in [9.17, 15) is 8.42 Å². The first-order valence-electron chi connectivity index (χ1n) is 7.77. The Morgan fingerprint density at radius 1 is 1.22 bits per heavy atom. The van der Waals surface area contributed by atoms with E-state index in [1.165, 1.54) is 10.7 Å². The highest BCUT2D eigenvalue weighted by molar-refractivity contribution is 7.89. The van der Waals surface area contributed by atoms with Crippen molar-refractivity contribution in [1.82, 2.24) is 4.31 Å². The summed E-state index contributed by atoms with van der Waals surface area (Å²) in [5, 5.41) is 0. The van der Waals surface area contributed by atoms with Gasteiger partial charge in [0, 0.05) is 12.5 Å². The molecule has 0 saturated heterocycles. The van der Waals surface area contributed by atoms with E-state index in [4.69, 9.17) is 6.42 Å². The van der Waals surface area contributed by atoms with E-state index in [2.05, 4.69) is 24.0 Å².